The van der Waals surface area contributed by atoms with Gasteiger partial charge in [-0.15, -0.1) is 0 Å². The molecule has 0 fully saturated rings. The summed E-state index contributed by atoms with van der Waals surface area (Å²) in [5.74, 6) is -0.380. The summed E-state index contributed by atoms with van der Waals surface area (Å²) in [4.78, 5) is 23.2. The summed E-state index contributed by atoms with van der Waals surface area (Å²) in [6.45, 7) is 4.71. The summed E-state index contributed by atoms with van der Waals surface area (Å²) in [5, 5.41) is 2.86. The summed E-state index contributed by atoms with van der Waals surface area (Å²) >= 11 is 0. The zero-order chi connectivity index (χ0) is 15.1. The fourth-order valence-corrected chi connectivity index (χ4v) is 1.88. The molecule has 0 aliphatic carbocycles. The second-order valence-corrected chi connectivity index (χ2v) is 4.99. The Kier molecular flexibility index (Phi) is 6.18. The predicted octanol–water partition coefficient (Wildman–Crippen LogP) is 1.32. The normalized spacial score (nSPS) is 12.1. The van der Waals surface area contributed by atoms with Gasteiger partial charge in [0.05, 0.1) is 18.6 Å². The summed E-state index contributed by atoms with van der Waals surface area (Å²) in [5.41, 5.74) is 7.01. The van der Waals surface area contributed by atoms with Gasteiger partial charge in [-0.3, -0.25) is 4.79 Å². The number of rotatable bonds is 6. The average Bonchev–Trinajstić information content (AvgIpc) is 2.45. The first-order valence-electron chi connectivity index (χ1n) is 6.64. The Morgan fingerprint density at radius 2 is 1.85 bits per heavy atom. The molecule has 1 aromatic carbocycles. The van der Waals surface area contributed by atoms with E-state index in [2.05, 4.69) is 10.1 Å². The number of hydrogen-bond donors (Lipinski definition) is 2. The van der Waals surface area contributed by atoms with Gasteiger partial charge in [0.1, 0.15) is 0 Å². The van der Waals surface area contributed by atoms with Crippen LogP contribution in [0.5, 0.6) is 0 Å². The number of carbonyl (C=O) groups is 2. The van der Waals surface area contributed by atoms with Crippen LogP contribution in [0.25, 0.3) is 0 Å². The molecule has 0 aromatic heterocycles. The first-order chi connectivity index (χ1) is 9.49. The Labute approximate surface area is 119 Å². The zero-order valence-electron chi connectivity index (χ0n) is 12.2. The quantitative estimate of drug-likeness (QED) is 0.769. The number of carbonyl (C=O) groups excluding carboxylic acids is 2. The van der Waals surface area contributed by atoms with Gasteiger partial charge >= 0.3 is 5.97 Å². The van der Waals surface area contributed by atoms with E-state index in [9.17, 15) is 9.59 Å². The minimum atomic E-state index is -0.372. The van der Waals surface area contributed by atoms with E-state index in [0.29, 0.717) is 18.7 Å². The van der Waals surface area contributed by atoms with Crippen molar-refractivity contribution in [3.63, 3.8) is 0 Å². The third kappa shape index (κ3) is 4.35. The van der Waals surface area contributed by atoms with Crippen molar-refractivity contribution in [2.24, 2.45) is 17.6 Å². The number of nitrogens with one attached hydrogen (secondary N) is 1. The van der Waals surface area contributed by atoms with Gasteiger partial charge < -0.3 is 15.8 Å². The Morgan fingerprint density at radius 3 is 2.30 bits per heavy atom. The molecule has 0 aliphatic rings. The summed E-state index contributed by atoms with van der Waals surface area (Å²) in [6, 6.07) is 6.94. The lowest BCUT2D eigenvalue weighted by molar-refractivity contribution is -0.126. The van der Waals surface area contributed by atoms with E-state index >= 15 is 0 Å². The highest BCUT2D eigenvalue weighted by Gasteiger charge is 2.19. The Morgan fingerprint density at radius 1 is 1.25 bits per heavy atom. The molecule has 0 spiro atoms. The monoisotopic (exact) mass is 278 g/mol. The van der Waals surface area contributed by atoms with Crippen molar-refractivity contribution in [1.82, 2.24) is 5.32 Å². The minimum absolute atomic E-state index is 0.0421. The molecule has 1 aromatic rings. The fraction of sp³-hybridized carbons (Fsp3) is 0.467. The lowest BCUT2D eigenvalue weighted by Crippen LogP contribution is -2.37. The first-order valence-corrected chi connectivity index (χ1v) is 6.64. The molecular formula is C15H22N2O3. The van der Waals surface area contributed by atoms with E-state index in [1.807, 2.05) is 13.8 Å². The van der Waals surface area contributed by atoms with Crippen molar-refractivity contribution < 1.29 is 14.3 Å². The molecule has 0 heterocycles. The number of nitrogens with two attached hydrogens (primary N) is 1. The van der Waals surface area contributed by atoms with Crippen LogP contribution in [0.3, 0.4) is 0 Å². The first kappa shape index (κ1) is 16.2. The average molecular weight is 278 g/mol. The minimum Gasteiger partial charge on any atom is -0.465 e. The van der Waals surface area contributed by atoms with Crippen LogP contribution in [0.2, 0.25) is 0 Å². The van der Waals surface area contributed by atoms with Crippen LogP contribution in [0.1, 0.15) is 29.8 Å². The molecule has 1 rings (SSSR count). The van der Waals surface area contributed by atoms with Gasteiger partial charge in [-0.25, -0.2) is 4.79 Å². The van der Waals surface area contributed by atoms with Gasteiger partial charge in [0, 0.05) is 13.1 Å². The van der Waals surface area contributed by atoms with E-state index in [-0.39, 0.29) is 23.7 Å². The molecule has 0 saturated heterocycles. The Bertz CT molecular complexity index is 455. The molecule has 0 aliphatic heterocycles. The van der Waals surface area contributed by atoms with Gasteiger partial charge in [-0.1, -0.05) is 26.0 Å². The predicted molar refractivity (Wildman–Crippen MR) is 77.0 cm³/mol. The molecule has 1 atom stereocenters. The van der Waals surface area contributed by atoms with Gasteiger partial charge in [-0.05, 0) is 23.6 Å². The molecular weight excluding hydrogens is 256 g/mol. The third-order valence-electron chi connectivity index (χ3n) is 3.24. The molecule has 110 valence electrons. The molecule has 1 amide bonds. The number of methoxy groups -OCH3 is 1. The highest BCUT2D eigenvalue weighted by molar-refractivity contribution is 5.89. The van der Waals surface area contributed by atoms with Crippen molar-refractivity contribution >= 4 is 11.9 Å². The molecule has 1 unspecified atom stereocenters. The number of ether oxygens (including phenoxy) is 1. The maximum absolute atomic E-state index is 11.9. The van der Waals surface area contributed by atoms with E-state index in [1.165, 1.54) is 7.11 Å². The Hall–Kier alpha value is -1.88. The molecule has 3 N–H and O–H groups in total. The second-order valence-electron chi connectivity index (χ2n) is 4.99. The SMILES string of the molecule is COC(=O)c1ccc(CNC(=O)C(CN)C(C)C)cc1. The maximum atomic E-state index is 11.9. The maximum Gasteiger partial charge on any atom is 0.337 e. The molecule has 0 bridgehead atoms. The molecule has 0 radical (unpaired) electrons. The molecule has 5 nitrogen and oxygen atoms in total. The van der Waals surface area contributed by atoms with E-state index in [4.69, 9.17) is 5.73 Å². The summed E-state index contributed by atoms with van der Waals surface area (Å²) in [7, 11) is 1.34. The Balaban J connectivity index is 2.58. The zero-order valence-corrected chi connectivity index (χ0v) is 12.2. The topological polar surface area (TPSA) is 81.4 Å². The van der Waals surface area contributed by atoms with Gasteiger partial charge in [0.2, 0.25) is 5.91 Å². The van der Waals surface area contributed by atoms with Crippen molar-refractivity contribution in [2.75, 3.05) is 13.7 Å². The van der Waals surface area contributed by atoms with Crippen LogP contribution in [0.4, 0.5) is 0 Å². The highest BCUT2D eigenvalue weighted by Crippen LogP contribution is 2.10. The van der Waals surface area contributed by atoms with Crippen molar-refractivity contribution in [3.8, 4) is 0 Å². The van der Waals surface area contributed by atoms with E-state index in [1.54, 1.807) is 24.3 Å². The number of esters is 1. The number of hydrogen-bond acceptors (Lipinski definition) is 4. The standard InChI is InChI=1S/C15H22N2O3/c1-10(2)13(8-16)14(18)17-9-11-4-6-12(7-5-11)15(19)20-3/h4-7,10,13H,8-9,16H2,1-3H3,(H,17,18). The second kappa shape index (κ2) is 7.65. The largest absolute Gasteiger partial charge is 0.465 e. The molecule has 5 heteroatoms. The van der Waals surface area contributed by atoms with Crippen LogP contribution < -0.4 is 11.1 Å². The van der Waals surface area contributed by atoms with E-state index < -0.39 is 0 Å². The van der Waals surface area contributed by atoms with Crippen molar-refractivity contribution in [1.29, 1.82) is 0 Å². The lowest BCUT2D eigenvalue weighted by atomic mass is 9.95. The van der Waals surface area contributed by atoms with Crippen molar-refractivity contribution in [3.05, 3.63) is 35.4 Å². The van der Waals surface area contributed by atoms with Gasteiger partial charge in [0.15, 0.2) is 0 Å². The van der Waals surface area contributed by atoms with Crippen molar-refractivity contribution in [2.45, 2.75) is 20.4 Å². The van der Waals surface area contributed by atoms with E-state index in [0.717, 1.165) is 5.56 Å². The van der Waals surface area contributed by atoms with Gasteiger partial charge in [0.25, 0.3) is 0 Å². The lowest BCUT2D eigenvalue weighted by Gasteiger charge is -2.18. The molecule has 20 heavy (non-hydrogen) atoms. The highest BCUT2D eigenvalue weighted by atomic mass is 16.5. The van der Waals surface area contributed by atoms with Crippen LogP contribution in [0, 0.1) is 11.8 Å². The van der Waals surface area contributed by atoms with Crippen LogP contribution in [-0.4, -0.2) is 25.5 Å². The smallest absolute Gasteiger partial charge is 0.337 e. The summed E-state index contributed by atoms with van der Waals surface area (Å²) < 4.78 is 4.62. The number of benzene rings is 1. The van der Waals surface area contributed by atoms with Crippen LogP contribution >= 0.6 is 0 Å². The molecule has 0 saturated carbocycles. The van der Waals surface area contributed by atoms with Crippen LogP contribution in [0.15, 0.2) is 24.3 Å². The third-order valence-corrected chi connectivity index (χ3v) is 3.24. The van der Waals surface area contributed by atoms with Gasteiger partial charge in [-0.2, -0.15) is 0 Å². The summed E-state index contributed by atoms with van der Waals surface area (Å²) in [6.07, 6.45) is 0. The van der Waals surface area contributed by atoms with Crippen LogP contribution in [-0.2, 0) is 16.1 Å². The number of amides is 1. The fourth-order valence-electron chi connectivity index (χ4n) is 1.88.